The smallest absolute Gasteiger partial charge is 0.410 e. The minimum Gasteiger partial charge on any atom is -0.494 e. The standard InChI is InChI=1S/C22H26ClNO4/c1-4-26-17-11-10-16(20(13-17)27-5-2)12-15(3)24-14-21(28-22(24)25)18-8-6-7-9-19(18)23/h6-11,13,15,21H,4-5,12,14H2,1-3H3/t15-,21+/m1/s1. The van der Waals surface area contributed by atoms with Crippen LogP contribution in [0.3, 0.4) is 0 Å². The van der Waals surface area contributed by atoms with Gasteiger partial charge in [0.05, 0.1) is 19.8 Å². The van der Waals surface area contributed by atoms with Gasteiger partial charge in [0, 0.05) is 22.7 Å². The van der Waals surface area contributed by atoms with Gasteiger partial charge < -0.3 is 19.1 Å². The summed E-state index contributed by atoms with van der Waals surface area (Å²) in [5.41, 5.74) is 1.87. The normalized spacial score (nSPS) is 17.4. The van der Waals surface area contributed by atoms with Crippen molar-refractivity contribution in [3.63, 3.8) is 0 Å². The maximum atomic E-state index is 12.5. The van der Waals surface area contributed by atoms with Crippen LogP contribution in [0.1, 0.15) is 38.0 Å². The van der Waals surface area contributed by atoms with E-state index in [0.29, 0.717) is 31.2 Å². The van der Waals surface area contributed by atoms with Gasteiger partial charge >= 0.3 is 6.09 Å². The van der Waals surface area contributed by atoms with Gasteiger partial charge in [-0.05, 0) is 44.9 Å². The van der Waals surface area contributed by atoms with Crippen LogP contribution in [-0.2, 0) is 11.2 Å². The van der Waals surface area contributed by atoms with Crippen molar-refractivity contribution in [3.8, 4) is 11.5 Å². The topological polar surface area (TPSA) is 48.0 Å². The molecule has 0 spiro atoms. The van der Waals surface area contributed by atoms with Crippen LogP contribution in [0.4, 0.5) is 4.79 Å². The molecular weight excluding hydrogens is 378 g/mol. The first-order valence-corrected chi connectivity index (χ1v) is 10.0. The zero-order chi connectivity index (χ0) is 20.1. The molecule has 1 aliphatic heterocycles. The van der Waals surface area contributed by atoms with E-state index in [2.05, 4.69) is 0 Å². The number of hydrogen-bond donors (Lipinski definition) is 0. The molecule has 1 fully saturated rings. The molecule has 28 heavy (non-hydrogen) atoms. The van der Waals surface area contributed by atoms with Crippen molar-refractivity contribution in [3.05, 3.63) is 58.6 Å². The van der Waals surface area contributed by atoms with Crippen LogP contribution >= 0.6 is 11.6 Å². The summed E-state index contributed by atoms with van der Waals surface area (Å²) in [6, 6.07) is 13.3. The lowest BCUT2D eigenvalue weighted by Gasteiger charge is -2.23. The third-order valence-corrected chi connectivity index (χ3v) is 5.13. The molecule has 0 radical (unpaired) electrons. The van der Waals surface area contributed by atoms with E-state index >= 15 is 0 Å². The van der Waals surface area contributed by atoms with Crippen molar-refractivity contribution in [1.29, 1.82) is 0 Å². The third-order valence-electron chi connectivity index (χ3n) is 4.79. The first-order valence-electron chi connectivity index (χ1n) is 9.63. The SMILES string of the molecule is CCOc1ccc(C[C@@H](C)N2C[C@@H](c3ccccc3Cl)OC2=O)c(OCC)c1. The number of carbonyl (C=O) groups is 1. The summed E-state index contributed by atoms with van der Waals surface area (Å²) < 4.78 is 16.9. The Morgan fingerprint density at radius 1 is 1.18 bits per heavy atom. The lowest BCUT2D eigenvalue weighted by Crippen LogP contribution is -2.35. The summed E-state index contributed by atoms with van der Waals surface area (Å²) in [5.74, 6) is 1.57. The Labute approximate surface area is 171 Å². The molecule has 1 saturated heterocycles. The molecule has 0 saturated carbocycles. The van der Waals surface area contributed by atoms with Gasteiger partial charge in [0.2, 0.25) is 0 Å². The monoisotopic (exact) mass is 403 g/mol. The lowest BCUT2D eigenvalue weighted by molar-refractivity contribution is 0.129. The van der Waals surface area contributed by atoms with E-state index in [4.69, 9.17) is 25.8 Å². The number of nitrogens with zero attached hydrogens (tertiary/aromatic N) is 1. The van der Waals surface area contributed by atoms with Crippen molar-refractivity contribution in [2.75, 3.05) is 19.8 Å². The third kappa shape index (κ3) is 4.53. The number of hydrogen-bond acceptors (Lipinski definition) is 4. The summed E-state index contributed by atoms with van der Waals surface area (Å²) in [6.07, 6.45) is -0.0110. The zero-order valence-electron chi connectivity index (χ0n) is 16.5. The summed E-state index contributed by atoms with van der Waals surface area (Å²) in [5, 5.41) is 0.611. The molecule has 5 nitrogen and oxygen atoms in total. The second kappa shape index (κ2) is 9.20. The first kappa shape index (κ1) is 20.3. The van der Waals surface area contributed by atoms with E-state index < -0.39 is 0 Å². The predicted octanol–water partition coefficient (Wildman–Crippen LogP) is 5.26. The number of benzene rings is 2. The maximum absolute atomic E-state index is 12.5. The Bertz CT molecular complexity index is 826. The molecule has 2 atom stereocenters. The molecule has 6 heteroatoms. The first-order chi connectivity index (χ1) is 13.5. The van der Waals surface area contributed by atoms with Crippen LogP contribution in [0.15, 0.2) is 42.5 Å². The molecule has 0 aromatic heterocycles. The quantitative estimate of drug-likeness (QED) is 0.603. The molecular formula is C22H26ClNO4. The molecule has 1 amide bonds. The van der Waals surface area contributed by atoms with Gasteiger partial charge in [-0.3, -0.25) is 0 Å². The van der Waals surface area contributed by atoms with Crippen molar-refractivity contribution < 1.29 is 19.0 Å². The lowest BCUT2D eigenvalue weighted by atomic mass is 10.0. The minimum atomic E-state index is -0.352. The fraction of sp³-hybridized carbons (Fsp3) is 0.409. The summed E-state index contributed by atoms with van der Waals surface area (Å²) in [4.78, 5) is 14.2. The highest BCUT2D eigenvalue weighted by atomic mass is 35.5. The highest BCUT2D eigenvalue weighted by molar-refractivity contribution is 6.31. The maximum Gasteiger partial charge on any atom is 0.410 e. The molecule has 0 unspecified atom stereocenters. The van der Waals surface area contributed by atoms with Crippen LogP contribution in [0.25, 0.3) is 0 Å². The van der Waals surface area contributed by atoms with E-state index in [1.807, 2.05) is 63.2 Å². The van der Waals surface area contributed by atoms with Crippen molar-refractivity contribution in [2.24, 2.45) is 0 Å². The van der Waals surface area contributed by atoms with Gasteiger partial charge in [-0.25, -0.2) is 4.79 Å². The van der Waals surface area contributed by atoms with Gasteiger partial charge in [0.25, 0.3) is 0 Å². The van der Waals surface area contributed by atoms with E-state index in [1.54, 1.807) is 4.90 Å². The Morgan fingerprint density at radius 2 is 1.93 bits per heavy atom. The predicted molar refractivity (Wildman–Crippen MR) is 109 cm³/mol. The fourth-order valence-corrected chi connectivity index (χ4v) is 3.67. The second-order valence-corrected chi connectivity index (χ2v) is 7.14. The molecule has 2 aromatic rings. The van der Waals surface area contributed by atoms with Crippen LogP contribution in [-0.4, -0.2) is 36.8 Å². The zero-order valence-corrected chi connectivity index (χ0v) is 17.2. The largest absolute Gasteiger partial charge is 0.494 e. The fourth-order valence-electron chi connectivity index (χ4n) is 3.42. The molecule has 150 valence electrons. The summed E-state index contributed by atoms with van der Waals surface area (Å²) >= 11 is 6.27. The number of amides is 1. The minimum absolute atomic E-state index is 0.0443. The Balaban J connectivity index is 1.73. The van der Waals surface area contributed by atoms with E-state index in [1.165, 1.54) is 0 Å². The van der Waals surface area contributed by atoms with Gasteiger partial charge in [-0.2, -0.15) is 0 Å². The highest BCUT2D eigenvalue weighted by Gasteiger charge is 2.36. The molecule has 0 aliphatic carbocycles. The van der Waals surface area contributed by atoms with Gasteiger partial charge in [0.1, 0.15) is 17.6 Å². The number of rotatable bonds is 8. The van der Waals surface area contributed by atoms with Crippen LogP contribution in [0, 0.1) is 0 Å². The molecule has 3 rings (SSSR count). The van der Waals surface area contributed by atoms with E-state index in [-0.39, 0.29) is 18.2 Å². The average molecular weight is 404 g/mol. The Kier molecular flexibility index (Phi) is 6.68. The highest BCUT2D eigenvalue weighted by Crippen LogP contribution is 2.33. The Morgan fingerprint density at radius 3 is 2.64 bits per heavy atom. The van der Waals surface area contributed by atoms with Gasteiger partial charge in [0.15, 0.2) is 0 Å². The van der Waals surface area contributed by atoms with E-state index in [9.17, 15) is 4.79 Å². The summed E-state index contributed by atoms with van der Waals surface area (Å²) in [6.45, 7) is 7.56. The number of cyclic esters (lactones) is 1. The van der Waals surface area contributed by atoms with Crippen LogP contribution in [0.2, 0.25) is 5.02 Å². The Hall–Kier alpha value is -2.40. The molecule has 2 aromatic carbocycles. The average Bonchev–Trinajstić information content (AvgIpc) is 3.06. The van der Waals surface area contributed by atoms with Crippen LogP contribution in [0.5, 0.6) is 11.5 Å². The molecule has 0 N–H and O–H groups in total. The molecule has 0 bridgehead atoms. The number of halogens is 1. The van der Waals surface area contributed by atoms with Crippen molar-refractivity contribution in [1.82, 2.24) is 4.90 Å². The van der Waals surface area contributed by atoms with Gasteiger partial charge in [-0.1, -0.05) is 35.9 Å². The number of carbonyl (C=O) groups excluding carboxylic acids is 1. The second-order valence-electron chi connectivity index (χ2n) is 6.73. The van der Waals surface area contributed by atoms with Crippen molar-refractivity contribution >= 4 is 17.7 Å². The molecule has 1 heterocycles. The van der Waals surface area contributed by atoms with Crippen molar-refractivity contribution in [2.45, 2.75) is 39.3 Å². The molecule has 1 aliphatic rings. The van der Waals surface area contributed by atoms with Crippen LogP contribution < -0.4 is 9.47 Å². The summed E-state index contributed by atoms with van der Waals surface area (Å²) in [7, 11) is 0. The number of ether oxygens (including phenoxy) is 3. The van der Waals surface area contributed by atoms with E-state index in [0.717, 1.165) is 22.6 Å². The van der Waals surface area contributed by atoms with Gasteiger partial charge in [-0.15, -0.1) is 0 Å².